The molecule has 0 saturated carbocycles. The fourth-order valence-electron chi connectivity index (χ4n) is 3.01. The molecular formula is C17H36IN3OS. The van der Waals surface area contributed by atoms with Gasteiger partial charge in [-0.05, 0) is 45.4 Å². The van der Waals surface area contributed by atoms with E-state index in [9.17, 15) is 5.11 Å². The lowest BCUT2D eigenvalue weighted by molar-refractivity contribution is 0.175. The Labute approximate surface area is 164 Å². The fraction of sp³-hybridized carbons (Fsp3) is 0.941. The van der Waals surface area contributed by atoms with Gasteiger partial charge >= 0.3 is 0 Å². The highest BCUT2D eigenvalue weighted by Crippen LogP contribution is 2.32. The van der Waals surface area contributed by atoms with E-state index in [0.29, 0.717) is 0 Å². The third-order valence-corrected chi connectivity index (χ3v) is 6.06. The minimum Gasteiger partial charge on any atom is -0.396 e. The van der Waals surface area contributed by atoms with E-state index >= 15 is 0 Å². The average molecular weight is 457 g/mol. The predicted molar refractivity (Wildman–Crippen MR) is 114 cm³/mol. The van der Waals surface area contributed by atoms with Crippen molar-refractivity contribution in [1.82, 2.24) is 10.2 Å². The molecule has 1 rings (SSSR count). The van der Waals surface area contributed by atoms with Gasteiger partial charge in [0.05, 0.1) is 0 Å². The molecule has 6 heteroatoms. The van der Waals surface area contributed by atoms with Crippen molar-refractivity contribution in [3.8, 4) is 0 Å². The van der Waals surface area contributed by atoms with Gasteiger partial charge in [-0.2, -0.15) is 11.8 Å². The van der Waals surface area contributed by atoms with Crippen molar-refractivity contribution in [2.45, 2.75) is 58.6 Å². The summed E-state index contributed by atoms with van der Waals surface area (Å²) in [4.78, 5) is 7.34. The third kappa shape index (κ3) is 7.38. The van der Waals surface area contributed by atoms with Crippen LogP contribution in [0.15, 0.2) is 4.99 Å². The van der Waals surface area contributed by atoms with Gasteiger partial charge < -0.3 is 15.3 Å². The summed E-state index contributed by atoms with van der Waals surface area (Å²) in [6, 6.07) is 0. The summed E-state index contributed by atoms with van der Waals surface area (Å²) in [5, 5.41) is 12.8. The van der Waals surface area contributed by atoms with Crippen LogP contribution >= 0.6 is 35.7 Å². The summed E-state index contributed by atoms with van der Waals surface area (Å²) in [6.07, 6.45) is 2.97. The first kappa shape index (κ1) is 23.3. The first-order valence-corrected chi connectivity index (χ1v) is 9.68. The van der Waals surface area contributed by atoms with E-state index in [2.05, 4.69) is 44.8 Å². The smallest absolute Gasteiger partial charge is 0.194 e. The summed E-state index contributed by atoms with van der Waals surface area (Å²) in [5.74, 6) is 2.20. The number of hydrogen-bond acceptors (Lipinski definition) is 3. The van der Waals surface area contributed by atoms with Crippen molar-refractivity contribution < 1.29 is 5.11 Å². The molecule has 23 heavy (non-hydrogen) atoms. The first-order chi connectivity index (χ1) is 10.4. The van der Waals surface area contributed by atoms with Gasteiger partial charge in [0.15, 0.2) is 5.96 Å². The summed E-state index contributed by atoms with van der Waals surface area (Å²) in [5.41, 5.74) is 0.134. The number of nitrogens with one attached hydrogen (secondary N) is 1. The van der Waals surface area contributed by atoms with Crippen molar-refractivity contribution in [1.29, 1.82) is 0 Å². The number of guanidine groups is 1. The number of aliphatic imine (C=N–C) groups is 1. The van der Waals surface area contributed by atoms with Crippen LogP contribution in [0.25, 0.3) is 0 Å². The standard InChI is InChI=1S/C17H35N3OS.HI/c1-6-17(7-2,9-11-21)13-19-15(18-8-3)20-10-12-22-16(4,5)14-20;/h21H,6-14H2,1-5H3,(H,18,19);1H. The van der Waals surface area contributed by atoms with Crippen LogP contribution in [0.3, 0.4) is 0 Å². The Bertz CT molecular complexity index is 360. The van der Waals surface area contributed by atoms with Gasteiger partial charge in [-0.3, -0.25) is 4.99 Å². The number of aliphatic hydroxyl groups is 1. The molecule has 0 amide bonds. The average Bonchev–Trinajstić information content (AvgIpc) is 2.49. The molecule has 0 aromatic rings. The molecular weight excluding hydrogens is 421 g/mol. The summed E-state index contributed by atoms with van der Waals surface area (Å²) in [7, 11) is 0. The minimum atomic E-state index is 0. The van der Waals surface area contributed by atoms with E-state index in [1.807, 2.05) is 11.8 Å². The van der Waals surface area contributed by atoms with Gasteiger partial charge in [0.1, 0.15) is 0 Å². The van der Waals surface area contributed by atoms with Crippen molar-refractivity contribution >= 4 is 41.7 Å². The van der Waals surface area contributed by atoms with E-state index in [0.717, 1.165) is 57.2 Å². The number of rotatable bonds is 7. The lowest BCUT2D eigenvalue weighted by atomic mass is 9.79. The zero-order valence-electron chi connectivity index (χ0n) is 15.5. The highest BCUT2D eigenvalue weighted by Gasteiger charge is 2.30. The summed E-state index contributed by atoms with van der Waals surface area (Å²) >= 11 is 2.04. The van der Waals surface area contributed by atoms with Crippen LogP contribution in [-0.4, -0.2) is 59.3 Å². The molecule has 2 N–H and O–H groups in total. The van der Waals surface area contributed by atoms with Gasteiger partial charge in [0.2, 0.25) is 0 Å². The number of halogens is 1. The molecule has 1 saturated heterocycles. The fourth-order valence-corrected chi connectivity index (χ4v) is 4.12. The maximum absolute atomic E-state index is 9.37. The molecule has 4 nitrogen and oxygen atoms in total. The van der Waals surface area contributed by atoms with Crippen LogP contribution in [0.1, 0.15) is 53.9 Å². The Morgan fingerprint density at radius 2 is 1.96 bits per heavy atom. The highest BCUT2D eigenvalue weighted by molar-refractivity contribution is 14.0. The van der Waals surface area contributed by atoms with Crippen LogP contribution in [-0.2, 0) is 0 Å². The number of nitrogens with zero attached hydrogens (tertiary/aromatic N) is 2. The van der Waals surface area contributed by atoms with Crippen molar-refractivity contribution in [3.05, 3.63) is 0 Å². The van der Waals surface area contributed by atoms with Gasteiger partial charge in [-0.25, -0.2) is 0 Å². The van der Waals surface area contributed by atoms with Crippen LogP contribution in [0.2, 0.25) is 0 Å². The lowest BCUT2D eigenvalue weighted by Crippen LogP contribution is -2.51. The first-order valence-electron chi connectivity index (χ1n) is 8.70. The van der Waals surface area contributed by atoms with Gasteiger partial charge in [0, 0.05) is 43.3 Å². The topological polar surface area (TPSA) is 47.9 Å². The van der Waals surface area contributed by atoms with Gasteiger partial charge in [0.25, 0.3) is 0 Å². The molecule has 1 fully saturated rings. The highest BCUT2D eigenvalue weighted by atomic mass is 127. The van der Waals surface area contributed by atoms with Crippen molar-refractivity contribution in [3.63, 3.8) is 0 Å². The summed E-state index contributed by atoms with van der Waals surface area (Å²) < 4.78 is 0.284. The predicted octanol–water partition coefficient (Wildman–Crippen LogP) is 3.59. The molecule has 0 bridgehead atoms. The molecule has 1 heterocycles. The maximum atomic E-state index is 9.37. The molecule has 0 atom stereocenters. The lowest BCUT2D eigenvalue weighted by Gasteiger charge is -2.39. The molecule has 0 unspecified atom stereocenters. The van der Waals surface area contributed by atoms with Crippen LogP contribution in [0.5, 0.6) is 0 Å². The summed E-state index contributed by atoms with van der Waals surface area (Å²) in [6.45, 7) is 15.2. The Morgan fingerprint density at radius 1 is 1.30 bits per heavy atom. The molecule has 138 valence electrons. The van der Waals surface area contributed by atoms with E-state index < -0.39 is 0 Å². The molecule has 0 aromatic heterocycles. The molecule has 1 aliphatic heterocycles. The van der Waals surface area contributed by atoms with Crippen molar-refractivity contribution in [2.75, 3.05) is 38.5 Å². The molecule has 0 aliphatic carbocycles. The van der Waals surface area contributed by atoms with Crippen LogP contribution < -0.4 is 5.32 Å². The SMILES string of the molecule is CCNC(=NCC(CC)(CC)CCO)N1CCSC(C)(C)C1.I. The Hall–Kier alpha value is 0.310. The zero-order valence-corrected chi connectivity index (χ0v) is 18.7. The second kappa shape index (κ2) is 11.0. The minimum absolute atomic E-state index is 0. The molecule has 0 aromatic carbocycles. The van der Waals surface area contributed by atoms with Gasteiger partial charge in [-0.1, -0.05) is 13.8 Å². The molecule has 1 aliphatic rings. The Balaban J connectivity index is 0.00000484. The monoisotopic (exact) mass is 457 g/mol. The molecule has 0 radical (unpaired) electrons. The second-order valence-corrected chi connectivity index (χ2v) is 8.68. The normalized spacial score (nSPS) is 18.5. The van der Waals surface area contributed by atoms with E-state index in [-0.39, 0.29) is 40.7 Å². The zero-order chi connectivity index (χ0) is 16.6. The number of thioether (sulfide) groups is 1. The maximum Gasteiger partial charge on any atom is 0.194 e. The van der Waals surface area contributed by atoms with Crippen LogP contribution in [0, 0.1) is 5.41 Å². The van der Waals surface area contributed by atoms with Gasteiger partial charge in [-0.15, -0.1) is 24.0 Å². The molecule has 0 spiro atoms. The largest absolute Gasteiger partial charge is 0.396 e. The Kier molecular flexibility index (Phi) is 11.2. The number of aliphatic hydroxyl groups excluding tert-OH is 1. The van der Waals surface area contributed by atoms with E-state index in [1.165, 1.54) is 0 Å². The van der Waals surface area contributed by atoms with Crippen molar-refractivity contribution in [2.24, 2.45) is 10.4 Å². The quantitative estimate of drug-likeness (QED) is 0.349. The van der Waals surface area contributed by atoms with E-state index in [1.54, 1.807) is 0 Å². The van der Waals surface area contributed by atoms with Crippen LogP contribution in [0.4, 0.5) is 0 Å². The number of hydrogen-bond donors (Lipinski definition) is 2. The van der Waals surface area contributed by atoms with E-state index in [4.69, 9.17) is 4.99 Å². The Morgan fingerprint density at radius 3 is 2.43 bits per heavy atom. The second-order valence-electron chi connectivity index (χ2n) is 6.88. The third-order valence-electron chi connectivity index (χ3n) is 4.77.